The van der Waals surface area contributed by atoms with Crippen LogP contribution in [0.5, 0.6) is 0 Å². The molecule has 7 nitrogen and oxygen atoms in total. The van der Waals surface area contributed by atoms with Gasteiger partial charge >= 0.3 is 0 Å². The largest absolute Gasteiger partial charge is 0.359 e. The lowest BCUT2D eigenvalue weighted by Gasteiger charge is -2.36. The molecule has 1 aromatic rings. The summed E-state index contributed by atoms with van der Waals surface area (Å²) < 4.78 is 6.37. The first-order valence-electron chi connectivity index (χ1n) is 12.5. The monoisotopic (exact) mass is 519 g/mol. The number of hydrogen-bond donors (Lipinski definition) is 2. The van der Waals surface area contributed by atoms with Crippen molar-refractivity contribution in [3.63, 3.8) is 0 Å². The molecule has 1 aromatic carbocycles. The Morgan fingerprint density at radius 1 is 1.17 bits per heavy atom. The van der Waals surface area contributed by atoms with Gasteiger partial charge in [-0.3, -0.25) is 14.4 Å². The van der Waals surface area contributed by atoms with Crippen molar-refractivity contribution in [1.82, 2.24) is 10.2 Å². The molecular formula is C26H31Cl2N3O4. The van der Waals surface area contributed by atoms with Gasteiger partial charge in [-0.25, -0.2) is 0 Å². The predicted octanol–water partition coefficient (Wildman–Crippen LogP) is 4.33. The van der Waals surface area contributed by atoms with Gasteiger partial charge in [0.1, 0.15) is 11.6 Å². The van der Waals surface area contributed by atoms with Gasteiger partial charge in [-0.05, 0) is 44.4 Å². The number of fused-ring (bicyclic) bond motifs is 1. The van der Waals surface area contributed by atoms with E-state index in [0.717, 1.165) is 25.7 Å². The number of likely N-dealkylation sites (tertiary alicyclic amines) is 1. The van der Waals surface area contributed by atoms with Crippen LogP contribution < -0.4 is 10.6 Å². The molecule has 1 saturated carbocycles. The minimum absolute atomic E-state index is 0.108. The zero-order valence-electron chi connectivity index (χ0n) is 19.9. The van der Waals surface area contributed by atoms with Crippen molar-refractivity contribution in [2.75, 3.05) is 5.32 Å². The quantitative estimate of drug-likeness (QED) is 0.547. The van der Waals surface area contributed by atoms with Crippen molar-refractivity contribution in [3.8, 4) is 0 Å². The van der Waals surface area contributed by atoms with Crippen LogP contribution in [-0.2, 0) is 19.1 Å². The molecule has 0 radical (unpaired) electrons. The second kappa shape index (κ2) is 9.41. The third-order valence-electron chi connectivity index (χ3n) is 8.07. The Bertz CT molecular complexity index is 1070. The second-order valence-electron chi connectivity index (χ2n) is 10.2. The van der Waals surface area contributed by atoms with Crippen LogP contribution in [0, 0.1) is 11.8 Å². The maximum Gasteiger partial charge on any atom is 0.246 e. The second-order valence-corrected chi connectivity index (χ2v) is 11.0. The van der Waals surface area contributed by atoms with E-state index < -0.39 is 29.6 Å². The standard InChI is InChI=1S/C26H31Cl2N3O4/c1-3-14(2)31-22(24(33)29-15-7-5-4-6-8-15)26-12-11-19(35-26)20(21(26)25(31)34)23(32)30-16-9-10-17(27)18(28)13-16/h9-15,19-22H,3-8H2,1-2H3,(H,29,33)(H,30,32)/t14-,19+,20+,21+,22-,26-/m0/s1. The van der Waals surface area contributed by atoms with Crippen LogP contribution in [0.25, 0.3) is 0 Å². The molecule has 0 unspecified atom stereocenters. The van der Waals surface area contributed by atoms with Gasteiger partial charge in [0.25, 0.3) is 0 Å². The van der Waals surface area contributed by atoms with Gasteiger partial charge in [0, 0.05) is 17.8 Å². The lowest BCUT2D eigenvalue weighted by molar-refractivity contribution is -0.143. The van der Waals surface area contributed by atoms with Gasteiger partial charge in [-0.2, -0.15) is 0 Å². The van der Waals surface area contributed by atoms with E-state index in [4.69, 9.17) is 27.9 Å². The summed E-state index contributed by atoms with van der Waals surface area (Å²) in [6.07, 6.45) is 9.04. The van der Waals surface area contributed by atoms with Crippen LogP contribution in [0.2, 0.25) is 10.0 Å². The van der Waals surface area contributed by atoms with Crippen LogP contribution in [-0.4, -0.2) is 52.5 Å². The first-order valence-corrected chi connectivity index (χ1v) is 13.3. The molecule has 3 amide bonds. The highest BCUT2D eigenvalue weighted by atomic mass is 35.5. The molecule has 3 aliphatic heterocycles. The molecule has 9 heteroatoms. The fourth-order valence-corrected chi connectivity index (χ4v) is 6.50. The zero-order chi connectivity index (χ0) is 24.9. The molecule has 2 bridgehead atoms. The molecule has 188 valence electrons. The van der Waals surface area contributed by atoms with Gasteiger partial charge in [-0.15, -0.1) is 0 Å². The smallest absolute Gasteiger partial charge is 0.246 e. The molecule has 3 heterocycles. The van der Waals surface area contributed by atoms with E-state index in [9.17, 15) is 14.4 Å². The third-order valence-corrected chi connectivity index (χ3v) is 8.81. The van der Waals surface area contributed by atoms with Crippen LogP contribution in [0.15, 0.2) is 30.4 Å². The molecule has 0 aromatic heterocycles. The number of nitrogens with one attached hydrogen (secondary N) is 2. The van der Waals surface area contributed by atoms with E-state index >= 15 is 0 Å². The highest BCUT2D eigenvalue weighted by molar-refractivity contribution is 6.42. The number of carbonyl (C=O) groups excluding carboxylic acids is 3. The zero-order valence-corrected chi connectivity index (χ0v) is 21.4. The SMILES string of the molecule is CC[C@H](C)N1C(=O)[C@H]2[C@H](C(=O)Nc3ccc(Cl)c(Cl)c3)[C@H]3C=C[C@@]2(O3)[C@@H]1C(=O)NC1CCCCC1. The first-order chi connectivity index (χ1) is 16.8. The molecule has 2 N–H and O–H groups in total. The van der Waals surface area contributed by atoms with Crippen LogP contribution in [0.3, 0.4) is 0 Å². The van der Waals surface area contributed by atoms with Crippen LogP contribution in [0.1, 0.15) is 52.4 Å². The molecule has 5 rings (SSSR count). The highest BCUT2D eigenvalue weighted by Crippen LogP contribution is 2.55. The van der Waals surface area contributed by atoms with Crippen LogP contribution >= 0.6 is 23.2 Å². The molecular weight excluding hydrogens is 489 g/mol. The molecule has 1 spiro atoms. The molecule has 2 saturated heterocycles. The van der Waals surface area contributed by atoms with Crippen LogP contribution in [0.4, 0.5) is 5.69 Å². The third kappa shape index (κ3) is 4.05. The van der Waals surface area contributed by atoms with Crippen molar-refractivity contribution in [1.29, 1.82) is 0 Å². The van der Waals surface area contributed by atoms with E-state index in [1.54, 1.807) is 23.1 Å². The number of rotatable bonds is 6. The van der Waals surface area contributed by atoms with Gasteiger partial charge in [0.2, 0.25) is 17.7 Å². The number of hydrogen-bond acceptors (Lipinski definition) is 4. The summed E-state index contributed by atoms with van der Waals surface area (Å²) >= 11 is 12.1. The van der Waals surface area contributed by atoms with Crippen molar-refractivity contribution in [2.24, 2.45) is 11.8 Å². The van der Waals surface area contributed by atoms with E-state index in [-0.39, 0.29) is 29.8 Å². The summed E-state index contributed by atoms with van der Waals surface area (Å²) in [7, 11) is 0. The number of ether oxygens (including phenoxy) is 1. The molecule has 1 aliphatic carbocycles. The van der Waals surface area contributed by atoms with E-state index in [1.165, 1.54) is 6.42 Å². The van der Waals surface area contributed by atoms with Crippen molar-refractivity contribution < 1.29 is 19.1 Å². The molecule has 3 fully saturated rings. The predicted molar refractivity (Wildman–Crippen MR) is 134 cm³/mol. The number of benzene rings is 1. The number of anilines is 1. The average Bonchev–Trinajstić information content (AvgIpc) is 3.49. The summed E-state index contributed by atoms with van der Waals surface area (Å²) in [6, 6.07) is 3.98. The summed E-state index contributed by atoms with van der Waals surface area (Å²) in [4.78, 5) is 42.7. The van der Waals surface area contributed by atoms with E-state index in [1.807, 2.05) is 26.0 Å². The minimum atomic E-state index is -1.15. The lowest BCUT2D eigenvalue weighted by atomic mass is 9.74. The fourth-order valence-electron chi connectivity index (χ4n) is 6.20. The van der Waals surface area contributed by atoms with Crippen molar-refractivity contribution in [2.45, 2.75) is 82.2 Å². The fraction of sp³-hybridized carbons (Fsp3) is 0.577. The normalized spacial score (nSPS) is 32.6. The van der Waals surface area contributed by atoms with Gasteiger partial charge in [0.05, 0.1) is 28.0 Å². The Hall–Kier alpha value is -2.09. The van der Waals surface area contributed by atoms with E-state index in [0.29, 0.717) is 22.2 Å². The Morgan fingerprint density at radius 2 is 1.91 bits per heavy atom. The highest BCUT2D eigenvalue weighted by Gasteiger charge is 2.73. The minimum Gasteiger partial charge on any atom is -0.359 e. The first kappa shape index (κ1) is 24.6. The Morgan fingerprint density at radius 3 is 2.60 bits per heavy atom. The number of nitrogens with zero attached hydrogens (tertiary/aromatic N) is 1. The number of amides is 3. The Labute approximate surface area is 215 Å². The topological polar surface area (TPSA) is 87.7 Å². The van der Waals surface area contributed by atoms with E-state index in [2.05, 4.69) is 10.6 Å². The average molecular weight is 520 g/mol. The maximum absolute atomic E-state index is 13.9. The summed E-state index contributed by atoms with van der Waals surface area (Å²) in [5.41, 5.74) is -0.662. The number of halogens is 2. The summed E-state index contributed by atoms with van der Waals surface area (Å²) in [6.45, 7) is 3.93. The Balaban J connectivity index is 1.44. The summed E-state index contributed by atoms with van der Waals surface area (Å²) in [5.74, 6) is -2.25. The van der Waals surface area contributed by atoms with Crippen molar-refractivity contribution >= 4 is 46.6 Å². The molecule has 35 heavy (non-hydrogen) atoms. The summed E-state index contributed by atoms with van der Waals surface area (Å²) in [5, 5.41) is 6.78. The van der Waals surface area contributed by atoms with Crippen molar-refractivity contribution in [3.05, 3.63) is 40.4 Å². The van der Waals surface area contributed by atoms with Gasteiger partial charge in [0.15, 0.2) is 0 Å². The lowest BCUT2D eigenvalue weighted by Crippen LogP contribution is -2.58. The van der Waals surface area contributed by atoms with Gasteiger partial charge in [-0.1, -0.05) is 61.5 Å². The molecule has 4 aliphatic rings. The number of carbonyl (C=O) groups is 3. The maximum atomic E-state index is 13.9. The van der Waals surface area contributed by atoms with Gasteiger partial charge < -0.3 is 20.3 Å². The Kier molecular flexibility index (Phi) is 6.62. The molecule has 6 atom stereocenters.